The molecular weight excluding hydrogens is 90.1 g/mol. The molecule has 1 amide bonds. The van der Waals surface area contributed by atoms with Gasteiger partial charge >= 0.3 is 0 Å². The van der Waals surface area contributed by atoms with Gasteiger partial charge < -0.3 is 5.32 Å². The third-order valence-corrected chi connectivity index (χ3v) is 0.389. The topological polar surface area (TPSA) is 29.1 Å². The highest BCUT2D eigenvalue weighted by Crippen LogP contribution is 1.74. The van der Waals surface area contributed by atoms with E-state index in [0.29, 0.717) is 5.70 Å². The van der Waals surface area contributed by atoms with Gasteiger partial charge in [-0.1, -0.05) is 6.58 Å². The summed E-state index contributed by atoms with van der Waals surface area (Å²) in [5, 5.41) is 2.47. The molecule has 0 bridgehead atoms. The number of carbonyl (C=O) groups is 1. The quantitative estimate of drug-likeness (QED) is 0.522. The molecule has 1 N–H and O–H groups in total. The molecular formula is C5H11NO. The Bertz CT molecular complexity index is 88.6. The van der Waals surface area contributed by atoms with Gasteiger partial charge in [0, 0.05) is 14.0 Å². The van der Waals surface area contributed by atoms with E-state index in [4.69, 9.17) is 0 Å². The van der Waals surface area contributed by atoms with Crippen molar-refractivity contribution >= 4 is 5.91 Å². The first kappa shape index (κ1) is 6.21. The lowest BCUT2D eigenvalue weighted by Gasteiger charge is -1.94. The van der Waals surface area contributed by atoms with Gasteiger partial charge in [-0.25, -0.2) is 0 Å². The zero-order valence-electron chi connectivity index (χ0n) is 4.62. The Labute approximate surface area is 44.7 Å². The molecule has 0 saturated heterocycles. The molecule has 0 aliphatic heterocycles. The van der Waals surface area contributed by atoms with E-state index in [-0.39, 0.29) is 7.33 Å². The van der Waals surface area contributed by atoms with Gasteiger partial charge in [0.15, 0.2) is 0 Å². The van der Waals surface area contributed by atoms with Gasteiger partial charge in [0.25, 0.3) is 0 Å². The average Bonchev–Trinajstić information content (AvgIpc) is 1.27. The molecule has 0 atom stereocenters. The summed E-state index contributed by atoms with van der Waals surface area (Å²) in [5.74, 6) is -0.0625. The van der Waals surface area contributed by atoms with Crippen LogP contribution in [0.15, 0.2) is 12.3 Å². The van der Waals surface area contributed by atoms with Crippen molar-refractivity contribution in [1.29, 1.82) is 0 Å². The van der Waals surface area contributed by atoms with Crippen molar-refractivity contribution in [2.45, 2.75) is 13.8 Å². The number of allylic oxidation sites excluding steroid dienone is 1. The second-order valence-corrected chi connectivity index (χ2v) is 1.46. The van der Waals surface area contributed by atoms with Gasteiger partial charge in [-0.05, 0) is 6.92 Å². The van der Waals surface area contributed by atoms with Crippen LogP contribution in [0.1, 0.15) is 15.3 Å². The molecule has 0 radical (unpaired) electrons. The first-order chi connectivity index (χ1) is 3.13. The van der Waals surface area contributed by atoms with E-state index < -0.39 is 0 Å². The Kier molecular flexibility index (Phi) is 2.12. The third kappa shape index (κ3) is 5.21. The molecule has 7 heavy (non-hydrogen) atoms. The predicted octanol–water partition coefficient (Wildman–Crippen LogP) is 0.902. The number of amides is 1. The molecule has 0 heterocycles. The van der Waals surface area contributed by atoms with E-state index in [9.17, 15) is 4.79 Å². The maximum absolute atomic E-state index is 10.1. The summed E-state index contributed by atoms with van der Waals surface area (Å²) in [4.78, 5) is 10.1. The van der Waals surface area contributed by atoms with Gasteiger partial charge in [0.1, 0.15) is 0 Å². The summed E-state index contributed by atoms with van der Waals surface area (Å²) in [5.41, 5.74) is 0.688. The van der Waals surface area contributed by atoms with Crippen molar-refractivity contribution < 1.29 is 6.22 Å². The van der Waals surface area contributed by atoms with Crippen LogP contribution in [0.3, 0.4) is 0 Å². The van der Waals surface area contributed by atoms with Crippen molar-refractivity contribution in [2.75, 3.05) is 0 Å². The molecule has 0 saturated carbocycles. The highest BCUT2D eigenvalue weighted by molar-refractivity contribution is 5.74. The molecule has 0 spiro atoms. The molecule has 2 nitrogen and oxygen atoms in total. The van der Waals surface area contributed by atoms with Crippen molar-refractivity contribution in [2.24, 2.45) is 0 Å². The van der Waals surface area contributed by atoms with Gasteiger partial charge in [0.05, 0.1) is 0 Å². The Morgan fingerprint density at radius 2 is 2.14 bits per heavy atom. The summed E-state index contributed by atoms with van der Waals surface area (Å²) in [6.45, 7) is 6.65. The van der Waals surface area contributed by atoms with E-state index in [1.54, 1.807) is 6.92 Å². The predicted molar refractivity (Wildman–Crippen MR) is 30.7 cm³/mol. The van der Waals surface area contributed by atoms with Gasteiger partial charge in [-0.2, -0.15) is 0 Å². The molecule has 0 fully saturated rings. The number of nitrogens with one attached hydrogen (secondary N) is 1. The van der Waals surface area contributed by atoms with E-state index in [1.165, 1.54) is 6.92 Å². The number of carbonyl (C=O) groups excluding carboxylic acids is 1. The SMILES string of the molecule is C=C(C)NC(C)=O.[HH]. The Hall–Kier alpha value is -0.790. The molecule has 0 rings (SSSR count). The summed E-state index contributed by atoms with van der Waals surface area (Å²) in [6.07, 6.45) is 0. The second kappa shape index (κ2) is 2.39. The number of hydrogen-bond donors (Lipinski definition) is 1. The van der Waals surface area contributed by atoms with Gasteiger partial charge in [-0.3, -0.25) is 4.79 Å². The normalized spacial score (nSPS) is 7.71. The summed E-state index contributed by atoms with van der Waals surface area (Å²) in [7, 11) is 0. The Balaban J connectivity index is 0. The minimum atomic E-state index is -0.0625. The van der Waals surface area contributed by atoms with Crippen LogP contribution in [0, 0.1) is 0 Å². The standard InChI is InChI=1S/C5H9NO.H2/c1-4(2)6-5(3)7;/h1H2,2-3H3,(H,6,7);1H. The van der Waals surface area contributed by atoms with Crippen LogP contribution in [-0.2, 0) is 4.79 Å². The summed E-state index contributed by atoms with van der Waals surface area (Å²) >= 11 is 0. The van der Waals surface area contributed by atoms with Crippen LogP contribution in [-0.4, -0.2) is 5.91 Å². The summed E-state index contributed by atoms with van der Waals surface area (Å²) in [6, 6.07) is 0. The average molecular weight is 101 g/mol. The van der Waals surface area contributed by atoms with Crippen molar-refractivity contribution in [1.82, 2.24) is 5.32 Å². The lowest BCUT2D eigenvalue weighted by molar-refractivity contribution is -0.118. The third-order valence-electron chi connectivity index (χ3n) is 0.389. The molecule has 42 valence electrons. The van der Waals surface area contributed by atoms with Gasteiger partial charge in [0.2, 0.25) is 5.91 Å². The molecule has 0 aromatic carbocycles. The molecule has 0 aliphatic carbocycles. The van der Waals surface area contributed by atoms with E-state index >= 15 is 0 Å². The van der Waals surface area contributed by atoms with E-state index in [2.05, 4.69) is 11.9 Å². The fourth-order valence-electron chi connectivity index (χ4n) is 0.301. The summed E-state index contributed by atoms with van der Waals surface area (Å²) < 4.78 is 0. The van der Waals surface area contributed by atoms with Crippen LogP contribution < -0.4 is 5.32 Å². The van der Waals surface area contributed by atoms with Crippen molar-refractivity contribution in [3.8, 4) is 0 Å². The van der Waals surface area contributed by atoms with Gasteiger partial charge in [-0.15, -0.1) is 0 Å². The highest BCUT2D eigenvalue weighted by atomic mass is 16.1. The lowest BCUT2D eigenvalue weighted by atomic mass is 10.5. The van der Waals surface area contributed by atoms with Crippen molar-refractivity contribution in [3.63, 3.8) is 0 Å². The number of rotatable bonds is 1. The Morgan fingerprint density at radius 3 is 2.14 bits per heavy atom. The molecule has 0 unspecified atom stereocenters. The van der Waals surface area contributed by atoms with Crippen LogP contribution >= 0.6 is 0 Å². The maximum Gasteiger partial charge on any atom is 0.220 e. The largest absolute Gasteiger partial charge is 0.331 e. The first-order valence-corrected chi connectivity index (χ1v) is 2.06. The molecule has 0 aromatic heterocycles. The van der Waals surface area contributed by atoms with E-state index in [1.807, 2.05) is 0 Å². The smallest absolute Gasteiger partial charge is 0.220 e. The Morgan fingerprint density at radius 1 is 1.71 bits per heavy atom. The fourth-order valence-corrected chi connectivity index (χ4v) is 0.301. The highest BCUT2D eigenvalue weighted by Gasteiger charge is 1.84. The zero-order valence-corrected chi connectivity index (χ0v) is 4.62. The monoisotopic (exact) mass is 101 g/mol. The van der Waals surface area contributed by atoms with Crippen LogP contribution in [0.25, 0.3) is 0 Å². The van der Waals surface area contributed by atoms with Crippen LogP contribution in [0.2, 0.25) is 0 Å². The van der Waals surface area contributed by atoms with Crippen molar-refractivity contribution in [3.05, 3.63) is 12.3 Å². The number of hydrogen-bond acceptors (Lipinski definition) is 1. The van der Waals surface area contributed by atoms with Crippen LogP contribution in [0.4, 0.5) is 0 Å². The first-order valence-electron chi connectivity index (χ1n) is 2.06. The fraction of sp³-hybridized carbons (Fsp3) is 0.400. The minimum absolute atomic E-state index is 0. The molecule has 0 aromatic rings. The lowest BCUT2D eigenvalue weighted by Crippen LogP contribution is -2.15. The minimum Gasteiger partial charge on any atom is -0.331 e. The second-order valence-electron chi connectivity index (χ2n) is 1.46. The van der Waals surface area contributed by atoms with E-state index in [0.717, 1.165) is 0 Å². The molecule has 2 heteroatoms. The maximum atomic E-state index is 10.1. The zero-order chi connectivity index (χ0) is 5.86. The molecule has 0 aliphatic rings. The van der Waals surface area contributed by atoms with Crippen LogP contribution in [0.5, 0.6) is 0 Å².